The molecule has 0 N–H and O–H groups in total. The summed E-state index contributed by atoms with van der Waals surface area (Å²) in [6.45, 7) is 0. The van der Waals surface area contributed by atoms with Gasteiger partial charge in [0.15, 0.2) is 0 Å². The average Bonchev–Trinajstić information content (AvgIpc) is 3.01. The zero-order valence-electron chi connectivity index (χ0n) is 28.6. The second-order valence-corrected chi connectivity index (χ2v) is 12.2. The van der Waals surface area contributed by atoms with Crippen LogP contribution in [0.15, 0.2) is 72.8 Å². The predicted molar refractivity (Wildman–Crippen MR) is 151 cm³/mol. The molecule has 4 rings (SSSR count). The summed E-state index contributed by atoms with van der Waals surface area (Å²) in [5.41, 5.74) is -30.2. The summed E-state index contributed by atoms with van der Waals surface area (Å²) in [4.78, 5) is 0. The van der Waals surface area contributed by atoms with Crippen LogP contribution in [0.25, 0.3) is 0 Å². The van der Waals surface area contributed by atoms with Gasteiger partial charge in [-0.1, -0.05) is 48.5 Å². The molecule has 0 saturated carbocycles. The normalized spacial score (nSPS) is 14.1. The number of alkyl halides is 24. The van der Waals surface area contributed by atoms with Gasteiger partial charge in [0.05, 0.1) is 44.5 Å². The van der Waals surface area contributed by atoms with Gasteiger partial charge >= 0.3 is 68.3 Å². The Morgan fingerprint density at radius 2 is 0.328 bits per heavy atom. The number of halogens is 24. The van der Waals surface area contributed by atoms with E-state index in [9.17, 15) is 105 Å². The fourth-order valence-corrected chi connectivity index (χ4v) is 6.07. The smallest absolute Gasteiger partial charge is 1.00 e. The Labute approximate surface area is 320 Å². The molecule has 0 spiro atoms. The van der Waals surface area contributed by atoms with E-state index in [4.69, 9.17) is 0 Å². The van der Waals surface area contributed by atoms with Gasteiger partial charge in [-0.25, -0.2) is 0 Å². The second kappa shape index (κ2) is 14.8. The summed E-state index contributed by atoms with van der Waals surface area (Å²) in [5, 5.41) is 0. The summed E-state index contributed by atoms with van der Waals surface area (Å²) < 4.78 is 341. The van der Waals surface area contributed by atoms with Crippen molar-refractivity contribution >= 4 is 28.0 Å². The zero-order valence-corrected chi connectivity index (χ0v) is 27.6. The third kappa shape index (κ3) is 9.99. The Morgan fingerprint density at radius 3 is 0.414 bits per heavy atom. The molecule has 314 valence electrons. The van der Waals surface area contributed by atoms with E-state index in [1.807, 2.05) is 0 Å². The average molecular weight is 871 g/mol. The monoisotopic (exact) mass is 871 g/mol. The van der Waals surface area contributed by atoms with Crippen molar-refractivity contribution in [3.8, 4) is 0 Å². The van der Waals surface area contributed by atoms with Crippen molar-refractivity contribution < 1.29 is 126 Å². The number of rotatable bonds is 4. The molecule has 4 aromatic carbocycles. The first kappa shape index (κ1) is 48.2. The van der Waals surface area contributed by atoms with Gasteiger partial charge in [-0.15, -0.1) is 0 Å². The van der Waals surface area contributed by atoms with E-state index in [1.54, 1.807) is 0 Å². The number of benzene rings is 4. The molecule has 0 aromatic heterocycles. The SMILES string of the molecule is FC(F)(F)c1cc([B-](c2cc(C(F)(F)F)cc(C(F)(F)F)c2)(c2cc(C(F)(F)F)cc(C(F)(F)F)c2)c2cc(C(F)(F)F)cc(C(F)(F)F)c2)cc(C(F)(F)F)c1.[H-].[Li+]. The maximum Gasteiger partial charge on any atom is 1.00 e. The minimum atomic E-state index is -6.13. The van der Waals surface area contributed by atoms with E-state index >= 15 is 0 Å². The molecule has 0 aliphatic rings. The fourth-order valence-electron chi connectivity index (χ4n) is 6.07. The van der Waals surface area contributed by atoms with Gasteiger partial charge in [-0.05, 0) is 24.3 Å². The maximum absolute atomic E-state index is 14.2. The van der Waals surface area contributed by atoms with Crippen molar-refractivity contribution in [2.24, 2.45) is 0 Å². The van der Waals surface area contributed by atoms with Gasteiger partial charge in [0.25, 0.3) is 0 Å². The number of hydrogen-bond donors (Lipinski definition) is 0. The first-order chi connectivity index (χ1) is 25.3. The molecule has 0 unspecified atom stereocenters. The van der Waals surface area contributed by atoms with Gasteiger partial charge in [0, 0.05) is 0 Å². The first-order valence-electron chi connectivity index (χ1n) is 14.6. The fraction of sp³-hybridized carbons (Fsp3) is 0.250. The molecule has 26 heteroatoms. The van der Waals surface area contributed by atoms with Crippen molar-refractivity contribution in [1.29, 1.82) is 0 Å². The molecular weight excluding hydrogens is 858 g/mol. The molecule has 0 amide bonds. The van der Waals surface area contributed by atoms with Crippen molar-refractivity contribution in [1.82, 2.24) is 0 Å². The molecular formula is C32H13BF24Li-. The predicted octanol–water partition coefficient (Wildman–Crippen LogP) is 8.33. The van der Waals surface area contributed by atoms with E-state index in [0.29, 0.717) is 0 Å². The van der Waals surface area contributed by atoms with Crippen LogP contribution in [0.2, 0.25) is 0 Å². The molecule has 0 radical (unpaired) electrons. The topological polar surface area (TPSA) is 0 Å². The van der Waals surface area contributed by atoms with E-state index < -0.39 is 195 Å². The van der Waals surface area contributed by atoms with E-state index in [0.717, 1.165) is 0 Å². The molecule has 0 nitrogen and oxygen atoms in total. The Kier molecular flexibility index (Phi) is 12.3. The first-order valence-corrected chi connectivity index (χ1v) is 14.6. The molecule has 0 atom stereocenters. The minimum absolute atomic E-state index is 0. The molecule has 0 saturated heterocycles. The molecule has 0 bridgehead atoms. The van der Waals surface area contributed by atoms with Crippen LogP contribution in [0, 0.1) is 0 Å². The van der Waals surface area contributed by atoms with Crippen LogP contribution in [-0.4, -0.2) is 6.15 Å². The van der Waals surface area contributed by atoms with Crippen LogP contribution in [0.5, 0.6) is 0 Å². The summed E-state index contributed by atoms with van der Waals surface area (Å²) in [6.07, 6.45) is -54.8. The van der Waals surface area contributed by atoms with Crippen LogP contribution in [0.3, 0.4) is 0 Å². The van der Waals surface area contributed by atoms with Crippen molar-refractivity contribution in [3.63, 3.8) is 0 Å². The van der Waals surface area contributed by atoms with Crippen LogP contribution in [0.1, 0.15) is 45.9 Å². The van der Waals surface area contributed by atoms with Gasteiger partial charge in [0.2, 0.25) is 0 Å². The molecule has 0 heterocycles. The summed E-state index contributed by atoms with van der Waals surface area (Å²) in [6, 6.07) is -8.81. The van der Waals surface area contributed by atoms with Crippen LogP contribution in [-0.2, 0) is 49.4 Å². The van der Waals surface area contributed by atoms with Gasteiger partial charge in [0.1, 0.15) is 6.15 Å². The van der Waals surface area contributed by atoms with E-state index in [-0.39, 0.29) is 20.3 Å². The quantitative estimate of drug-likeness (QED) is 0.143. The number of hydrogen-bond acceptors (Lipinski definition) is 0. The molecule has 0 aliphatic heterocycles. The standard InChI is InChI=1S/C32H12BF24.Li.H/c34-25(35,36)13-1-14(26(37,38)39)6-21(5-13)33(22-7-15(27(40,41)42)2-16(8-22)28(43,44)45,23-9-17(29(46,47)48)3-18(10-23)30(49,50)51)24-11-19(31(52,53)54)4-20(12-24)32(55,56)57;;/h1-12H;;/q-1;+1;-1. The van der Waals surface area contributed by atoms with Crippen molar-refractivity contribution in [2.45, 2.75) is 49.4 Å². The molecule has 0 aliphatic carbocycles. The maximum atomic E-state index is 14.2. The van der Waals surface area contributed by atoms with Gasteiger partial charge in [-0.3, -0.25) is 0 Å². The summed E-state index contributed by atoms with van der Waals surface area (Å²) >= 11 is 0. The van der Waals surface area contributed by atoms with E-state index in [2.05, 4.69) is 0 Å². The van der Waals surface area contributed by atoms with Crippen molar-refractivity contribution in [2.75, 3.05) is 0 Å². The third-order valence-corrected chi connectivity index (χ3v) is 8.44. The molecule has 0 fully saturated rings. The molecule has 4 aromatic rings. The summed E-state index contributed by atoms with van der Waals surface area (Å²) in [7, 11) is 0. The van der Waals surface area contributed by atoms with E-state index in [1.165, 1.54) is 0 Å². The second-order valence-electron chi connectivity index (χ2n) is 12.2. The minimum Gasteiger partial charge on any atom is -1.00 e. The summed E-state index contributed by atoms with van der Waals surface area (Å²) in [5.74, 6) is 0. The van der Waals surface area contributed by atoms with Gasteiger partial charge in [-0.2, -0.15) is 127 Å². The third-order valence-electron chi connectivity index (χ3n) is 8.44. The van der Waals surface area contributed by atoms with Crippen LogP contribution >= 0.6 is 0 Å². The Hall–Kier alpha value is -4.14. The van der Waals surface area contributed by atoms with Crippen molar-refractivity contribution in [3.05, 3.63) is 117 Å². The Bertz CT molecular complexity index is 1710. The largest absolute Gasteiger partial charge is 1.00 e. The Balaban J connectivity index is 0.00000600. The van der Waals surface area contributed by atoms with Gasteiger partial charge < -0.3 is 1.43 Å². The Morgan fingerprint density at radius 1 is 0.224 bits per heavy atom. The van der Waals surface area contributed by atoms with Crippen LogP contribution in [0.4, 0.5) is 105 Å². The van der Waals surface area contributed by atoms with Crippen LogP contribution < -0.4 is 40.7 Å². The molecule has 58 heavy (non-hydrogen) atoms. The zero-order chi connectivity index (χ0) is 43.9.